The molecule has 1 aromatic heterocycles. The third-order valence-corrected chi connectivity index (χ3v) is 4.44. The number of halogens is 1. The molecule has 0 atom stereocenters. The lowest BCUT2D eigenvalue weighted by atomic mass is 10.2. The Hall–Kier alpha value is -0.910. The van der Waals surface area contributed by atoms with Gasteiger partial charge >= 0.3 is 0 Å². The molecule has 0 bridgehead atoms. The zero-order chi connectivity index (χ0) is 13.1. The lowest BCUT2D eigenvalue weighted by molar-refractivity contribution is 0.940. The molecule has 0 aliphatic rings. The van der Waals surface area contributed by atoms with Gasteiger partial charge in [0, 0.05) is 23.2 Å². The first kappa shape index (κ1) is 13.5. The molecule has 0 aliphatic carbocycles. The Morgan fingerprint density at radius 2 is 2.17 bits per heavy atom. The molecular weight excluding hydrogens is 328 g/mol. The summed E-state index contributed by atoms with van der Waals surface area (Å²) in [5.41, 5.74) is 7.67. The molecule has 1 heterocycles. The molecule has 0 saturated carbocycles. The Bertz CT molecular complexity index is 566. The molecule has 0 unspecified atom stereocenters. The number of anilines is 1. The molecule has 0 fully saturated rings. The molecule has 2 N–H and O–H groups in total. The highest BCUT2D eigenvalue weighted by atomic mass is 79.9. The number of thiophene rings is 1. The van der Waals surface area contributed by atoms with E-state index < -0.39 is 0 Å². The van der Waals surface area contributed by atoms with Gasteiger partial charge in [-0.2, -0.15) is 0 Å². The predicted molar refractivity (Wildman–Crippen MR) is 86.5 cm³/mol. The first-order valence-corrected chi connectivity index (χ1v) is 7.43. The fraction of sp³-hybridized carbons (Fsp3) is 0.154. The number of nitrogens with zero attached hydrogens (tertiary/aromatic N) is 1. The number of nitrogens with two attached hydrogens (primary N) is 1. The standard InChI is InChI=1S/C13H13BrN2S2/c1-16(8-11-5-6-12(14)18-11)10-4-2-3-9(7-10)13(15)17/h2-7H,8H2,1H3,(H2,15,17). The minimum absolute atomic E-state index is 0.434. The quantitative estimate of drug-likeness (QED) is 0.858. The van der Waals surface area contributed by atoms with Gasteiger partial charge in [0.05, 0.1) is 10.3 Å². The van der Waals surface area contributed by atoms with Crippen LogP contribution >= 0.6 is 39.5 Å². The minimum Gasteiger partial charge on any atom is -0.389 e. The zero-order valence-electron chi connectivity index (χ0n) is 9.89. The van der Waals surface area contributed by atoms with Gasteiger partial charge in [0.1, 0.15) is 4.99 Å². The Balaban J connectivity index is 2.15. The molecule has 18 heavy (non-hydrogen) atoms. The Morgan fingerprint density at radius 3 is 2.78 bits per heavy atom. The maximum Gasteiger partial charge on any atom is 0.104 e. The highest BCUT2D eigenvalue weighted by molar-refractivity contribution is 9.11. The van der Waals surface area contributed by atoms with Crippen LogP contribution in [-0.2, 0) is 6.54 Å². The summed E-state index contributed by atoms with van der Waals surface area (Å²) in [6.45, 7) is 0.872. The normalized spacial score (nSPS) is 10.3. The third kappa shape index (κ3) is 3.31. The molecule has 2 aromatic rings. The van der Waals surface area contributed by atoms with Crippen molar-refractivity contribution in [3.05, 3.63) is 50.6 Å². The summed E-state index contributed by atoms with van der Waals surface area (Å²) in [5, 5.41) is 0. The Morgan fingerprint density at radius 1 is 1.39 bits per heavy atom. The molecule has 0 aliphatic heterocycles. The molecule has 2 rings (SSSR count). The number of thiocarbonyl (C=S) groups is 1. The third-order valence-electron chi connectivity index (χ3n) is 2.59. The summed E-state index contributed by atoms with van der Waals surface area (Å²) < 4.78 is 1.16. The van der Waals surface area contributed by atoms with Crippen LogP contribution in [0.25, 0.3) is 0 Å². The van der Waals surface area contributed by atoms with Crippen LogP contribution in [0.4, 0.5) is 5.69 Å². The van der Waals surface area contributed by atoms with E-state index in [4.69, 9.17) is 18.0 Å². The van der Waals surface area contributed by atoms with E-state index in [0.29, 0.717) is 4.99 Å². The highest BCUT2D eigenvalue weighted by Crippen LogP contribution is 2.25. The zero-order valence-corrected chi connectivity index (χ0v) is 13.1. The van der Waals surface area contributed by atoms with Crippen molar-refractivity contribution >= 4 is 50.2 Å². The van der Waals surface area contributed by atoms with Crippen molar-refractivity contribution in [2.24, 2.45) is 5.73 Å². The topological polar surface area (TPSA) is 29.3 Å². The van der Waals surface area contributed by atoms with Crippen LogP contribution in [0.15, 0.2) is 40.2 Å². The second kappa shape index (κ2) is 5.82. The van der Waals surface area contributed by atoms with Gasteiger partial charge in [-0.05, 0) is 40.2 Å². The van der Waals surface area contributed by atoms with E-state index in [2.05, 4.69) is 46.1 Å². The fourth-order valence-corrected chi connectivity index (χ4v) is 3.32. The number of benzene rings is 1. The van der Waals surface area contributed by atoms with Crippen LogP contribution in [0.3, 0.4) is 0 Å². The summed E-state index contributed by atoms with van der Waals surface area (Å²) >= 11 is 10.2. The number of hydrogen-bond donors (Lipinski definition) is 1. The fourth-order valence-electron chi connectivity index (χ4n) is 1.66. The van der Waals surface area contributed by atoms with Gasteiger partial charge in [0.25, 0.3) is 0 Å². The maximum absolute atomic E-state index is 5.65. The monoisotopic (exact) mass is 340 g/mol. The SMILES string of the molecule is CN(Cc1ccc(Br)s1)c1cccc(C(N)=S)c1. The Kier molecular flexibility index (Phi) is 4.37. The van der Waals surface area contributed by atoms with Crippen molar-refractivity contribution in [1.29, 1.82) is 0 Å². The largest absolute Gasteiger partial charge is 0.389 e. The van der Waals surface area contributed by atoms with E-state index in [1.54, 1.807) is 11.3 Å². The van der Waals surface area contributed by atoms with Crippen molar-refractivity contribution in [1.82, 2.24) is 0 Å². The molecule has 0 spiro atoms. The van der Waals surface area contributed by atoms with Crippen LogP contribution in [-0.4, -0.2) is 12.0 Å². The lowest BCUT2D eigenvalue weighted by Gasteiger charge is -2.19. The van der Waals surface area contributed by atoms with Gasteiger partial charge in [-0.1, -0.05) is 24.4 Å². The second-order valence-corrected chi connectivity index (χ2v) is 6.96. The van der Waals surface area contributed by atoms with Crippen LogP contribution in [0.5, 0.6) is 0 Å². The summed E-state index contributed by atoms with van der Waals surface area (Å²) in [4.78, 5) is 3.93. The summed E-state index contributed by atoms with van der Waals surface area (Å²) in [6, 6.07) is 12.2. The van der Waals surface area contributed by atoms with E-state index in [-0.39, 0.29) is 0 Å². The van der Waals surface area contributed by atoms with Gasteiger partial charge in [-0.3, -0.25) is 0 Å². The van der Waals surface area contributed by atoms with Crippen molar-refractivity contribution in [3.8, 4) is 0 Å². The van der Waals surface area contributed by atoms with Crippen molar-refractivity contribution in [3.63, 3.8) is 0 Å². The Labute approximate surface area is 125 Å². The van der Waals surface area contributed by atoms with Crippen molar-refractivity contribution in [2.45, 2.75) is 6.54 Å². The van der Waals surface area contributed by atoms with Gasteiger partial charge in [-0.25, -0.2) is 0 Å². The minimum atomic E-state index is 0.434. The average molecular weight is 341 g/mol. The number of rotatable bonds is 4. The van der Waals surface area contributed by atoms with Gasteiger partial charge in [0.15, 0.2) is 0 Å². The van der Waals surface area contributed by atoms with E-state index in [1.807, 2.05) is 18.2 Å². The first-order chi connectivity index (χ1) is 8.56. The first-order valence-electron chi connectivity index (χ1n) is 5.41. The van der Waals surface area contributed by atoms with Gasteiger partial charge in [0.2, 0.25) is 0 Å². The van der Waals surface area contributed by atoms with E-state index in [0.717, 1.165) is 21.6 Å². The van der Waals surface area contributed by atoms with E-state index in [1.165, 1.54) is 4.88 Å². The van der Waals surface area contributed by atoms with E-state index >= 15 is 0 Å². The van der Waals surface area contributed by atoms with Crippen LogP contribution < -0.4 is 10.6 Å². The van der Waals surface area contributed by atoms with Gasteiger partial charge < -0.3 is 10.6 Å². The van der Waals surface area contributed by atoms with E-state index in [9.17, 15) is 0 Å². The summed E-state index contributed by atoms with van der Waals surface area (Å²) in [5.74, 6) is 0. The maximum atomic E-state index is 5.65. The summed E-state index contributed by atoms with van der Waals surface area (Å²) in [6.07, 6.45) is 0. The molecule has 0 saturated heterocycles. The second-order valence-electron chi connectivity index (χ2n) is 3.98. The molecular formula is C13H13BrN2S2. The average Bonchev–Trinajstić information content (AvgIpc) is 2.75. The molecule has 0 amide bonds. The van der Waals surface area contributed by atoms with Crippen LogP contribution in [0, 0.1) is 0 Å². The van der Waals surface area contributed by atoms with Gasteiger partial charge in [-0.15, -0.1) is 11.3 Å². The predicted octanol–water partition coefficient (Wildman–Crippen LogP) is 3.78. The van der Waals surface area contributed by atoms with Crippen LogP contribution in [0.2, 0.25) is 0 Å². The molecule has 5 heteroatoms. The van der Waals surface area contributed by atoms with Crippen molar-refractivity contribution in [2.75, 3.05) is 11.9 Å². The molecule has 2 nitrogen and oxygen atoms in total. The molecule has 1 aromatic carbocycles. The summed E-state index contributed by atoms with van der Waals surface area (Å²) in [7, 11) is 2.06. The highest BCUT2D eigenvalue weighted by Gasteiger charge is 2.06. The lowest BCUT2D eigenvalue weighted by Crippen LogP contribution is -2.17. The van der Waals surface area contributed by atoms with Crippen molar-refractivity contribution < 1.29 is 0 Å². The van der Waals surface area contributed by atoms with Crippen LogP contribution in [0.1, 0.15) is 10.4 Å². The molecule has 0 radical (unpaired) electrons. The molecule has 94 valence electrons. The number of hydrogen-bond acceptors (Lipinski definition) is 3. The smallest absolute Gasteiger partial charge is 0.104 e.